The van der Waals surface area contributed by atoms with Crippen LogP contribution in [-0.2, 0) is 4.74 Å². The highest BCUT2D eigenvalue weighted by atomic mass is 16.5. The summed E-state index contributed by atoms with van der Waals surface area (Å²) >= 11 is 0. The molecule has 0 amide bonds. The van der Waals surface area contributed by atoms with Gasteiger partial charge in [0.15, 0.2) is 0 Å². The van der Waals surface area contributed by atoms with E-state index < -0.39 is 6.10 Å². The van der Waals surface area contributed by atoms with Crippen molar-refractivity contribution in [3.8, 4) is 0 Å². The molecule has 8 heteroatoms. The van der Waals surface area contributed by atoms with Gasteiger partial charge in [-0.2, -0.15) is 4.98 Å². The molecule has 1 aromatic carbocycles. The Balaban J connectivity index is 1.57. The number of aromatic nitrogens is 3. The lowest BCUT2D eigenvalue weighted by Crippen LogP contribution is -2.29. The number of carbonyl (C=O) groups excluding carboxylic acids is 1. The van der Waals surface area contributed by atoms with E-state index in [-0.39, 0.29) is 12.0 Å². The maximum atomic E-state index is 12.5. The number of esters is 1. The van der Waals surface area contributed by atoms with Gasteiger partial charge in [0.2, 0.25) is 5.95 Å². The number of nitrogens with one attached hydrogen (secondary N) is 2. The fraction of sp³-hybridized carbons (Fsp3) is 0.462. The van der Waals surface area contributed by atoms with Crippen molar-refractivity contribution in [2.75, 3.05) is 17.2 Å². The second-order valence-electron chi connectivity index (χ2n) is 9.40. The number of nitrogens with two attached hydrogens (primary N) is 1. The van der Waals surface area contributed by atoms with Crippen molar-refractivity contribution in [2.45, 2.75) is 64.6 Å². The molecule has 1 fully saturated rings. The maximum absolute atomic E-state index is 12.5. The first-order chi connectivity index (χ1) is 16.4. The molecule has 2 aromatic heterocycles. The molecule has 34 heavy (non-hydrogen) atoms. The summed E-state index contributed by atoms with van der Waals surface area (Å²) in [7, 11) is 0. The van der Waals surface area contributed by atoms with Gasteiger partial charge >= 0.3 is 5.97 Å². The number of anilines is 2. The van der Waals surface area contributed by atoms with E-state index in [1.54, 1.807) is 18.3 Å². The second-order valence-corrected chi connectivity index (χ2v) is 9.40. The number of hydrogen-bond acceptors (Lipinski definition) is 8. The van der Waals surface area contributed by atoms with Gasteiger partial charge in [0.1, 0.15) is 11.9 Å². The van der Waals surface area contributed by atoms with E-state index >= 15 is 0 Å². The molecule has 1 atom stereocenters. The van der Waals surface area contributed by atoms with Crippen molar-refractivity contribution in [1.82, 2.24) is 15.0 Å². The van der Waals surface area contributed by atoms with E-state index in [1.807, 2.05) is 31.2 Å². The standard InChI is InChI=1S/C26H34N6O2/c1-16(2)30-26-31-23-15-28-22(17(3)34-25(33)19-7-5-4-6-8-19)13-21(23)24(32-26)29-14-18-9-11-20(27)12-10-18/h4-8,13,15-18,20H,9-12,14,27H2,1-3H3,(H2,29,30,31,32)/t17-,18?,20?/m1/s1. The zero-order valence-corrected chi connectivity index (χ0v) is 20.1. The minimum Gasteiger partial charge on any atom is -0.453 e. The van der Waals surface area contributed by atoms with Gasteiger partial charge in [-0.15, -0.1) is 0 Å². The average Bonchev–Trinajstić information content (AvgIpc) is 2.83. The molecule has 8 nitrogen and oxygen atoms in total. The number of ether oxygens (including phenoxy) is 1. The van der Waals surface area contributed by atoms with E-state index in [4.69, 9.17) is 15.5 Å². The van der Waals surface area contributed by atoms with E-state index in [0.717, 1.165) is 48.9 Å². The van der Waals surface area contributed by atoms with Crippen molar-refractivity contribution in [2.24, 2.45) is 11.7 Å². The molecule has 1 aliphatic carbocycles. The summed E-state index contributed by atoms with van der Waals surface area (Å²) in [6.45, 7) is 6.76. The third kappa shape index (κ3) is 5.99. The largest absolute Gasteiger partial charge is 0.453 e. The normalized spacial score (nSPS) is 19.1. The second kappa shape index (κ2) is 10.8. The molecule has 180 valence electrons. The summed E-state index contributed by atoms with van der Waals surface area (Å²) in [5.41, 5.74) is 7.96. The number of rotatable bonds is 8. The van der Waals surface area contributed by atoms with Crippen LogP contribution in [0.15, 0.2) is 42.6 Å². The molecular weight excluding hydrogens is 428 g/mol. The van der Waals surface area contributed by atoms with Crippen LogP contribution in [0.3, 0.4) is 0 Å². The topological polar surface area (TPSA) is 115 Å². The van der Waals surface area contributed by atoms with Crippen molar-refractivity contribution in [3.05, 3.63) is 53.9 Å². The van der Waals surface area contributed by atoms with Crippen molar-refractivity contribution in [1.29, 1.82) is 0 Å². The first-order valence-electron chi connectivity index (χ1n) is 12.1. The molecule has 0 aliphatic heterocycles. The summed E-state index contributed by atoms with van der Waals surface area (Å²) in [5.74, 6) is 1.51. The van der Waals surface area contributed by atoms with E-state index in [1.165, 1.54) is 0 Å². The Kier molecular flexibility index (Phi) is 7.57. The zero-order valence-electron chi connectivity index (χ0n) is 20.1. The van der Waals surface area contributed by atoms with Crippen molar-refractivity contribution < 1.29 is 9.53 Å². The molecule has 0 bridgehead atoms. The smallest absolute Gasteiger partial charge is 0.338 e. The third-order valence-corrected chi connectivity index (χ3v) is 6.18. The van der Waals surface area contributed by atoms with E-state index in [2.05, 4.69) is 34.4 Å². The first-order valence-corrected chi connectivity index (χ1v) is 12.1. The van der Waals surface area contributed by atoms with Crippen LogP contribution in [0.25, 0.3) is 10.9 Å². The highest BCUT2D eigenvalue weighted by Crippen LogP contribution is 2.28. The van der Waals surface area contributed by atoms with Crippen LogP contribution in [-0.4, -0.2) is 39.5 Å². The minimum absolute atomic E-state index is 0.204. The van der Waals surface area contributed by atoms with Gasteiger partial charge in [0.05, 0.1) is 23.0 Å². The maximum Gasteiger partial charge on any atom is 0.338 e. The number of fused-ring (bicyclic) bond motifs is 1. The molecule has 0 radical (unpaired) electrons. The lowest BCUT2D eigenvalue weighted by Gasteiger charge is -2.26. The Morgan fingerprint density at radius 1 is 1.12 bits per heavy atom. The van der Waals surface area contributed by atoms with Gasteiger partial charge in [-0.25, -0.2) is 9.78 Å². The number of carbonyl (C=O) groups is 1. The summed E-state index contributed by atoms with van der Waals surface area (Å²) in [6, 6.07) is 11.4. The molecule has 4 N–H and O–H groups in total. The average molecular weight is 463 g/mol. The first kappa shape index (κ1) is 23.9. The highest BCUT2D eigenvalue weighted by molar-refractivity contribution is 5.91. The van der Waals surface area contributed by atoms with Crippen molar-refractivity contribution in [3.63, 3.8) is 0 Å². The summed E-state index contributed by atoms with van der Waals surface area (Å²) in [6.07, 6.45) is 5.57. The van der Waals surface area contributed by atoms with Crippen LogP contribution in [0.5, 0.6) is 0 Å². The molecule has 4 rings (SSSR count). The lowest BCUT2D eigenvalue weighted by atomic mass is 9.86. The van der Waals surface area contributed by atoms with E-state index in [9.17, 15) is 4.79 Å². The highest BCUT2D eigenvalue weighted by Gasteiger charge is 2.20. The molecule has 0 spiro atoms. The summed E-state index contributed by atoms with van der Waals surface area (Å²) in [4.78, 5) is 26.4. The number of benzene rings is 1. The molecule has 1 aliphatic rings. The molecule has 2 heterocycles. The summed E-state index contributed by atoms with van der Waals surface area (Å²) in [5, 5.41) is 7.69. The van der Waals surface area contributed by atoms with Crippen LogP contribution in [0.1, 0.15) is 68.6 Å². The molecule has 1 saturated carbocycles. The third-order valence-electron chi connectivity index (χ3n) is 6.18. The van der Waals surface area contributed by atoms with Gasteiger partial charge in [-0.1, -0.05) is 18.2 Å². The van der Waals surface area contributed by atoms with Crippen LogP contribution in [0, 0.1) is 5.92 Å². The fourth-order valence-electron chi connectivity index (χ4n) is 4.22. The van der Waals surface area contributed by atoms with Crippen LogP contribution >= 0.6 is 0 Å². The molecule has 0 saturated heterocycles. The van der Waals surface area contributed by atoms with Crippen LogP contribution < -0.4 is 16.4 Å². The Hall–Kier alpha value is -3.26. The quantitative estimate of drug-likeness (QED) is 0.413. The molecule has 0 unspecified atom stereocenters. The number of nitrogens with zero attached hydrogens (tertiary/aromatic N) is 3. The Morgan fingerprint density at radius 2 is 1.85 bits per heavy atom. The van der Waals surface area contributed by atoms with Gasteiger partial charge in [0, 0.05) is 24.0 Å². The Labute approximate surface area is 200 Å². The molecule has 3 aromatic rings. The Bertz CT molecular complexity index is 1110. The van der Waals surface area contributed by atoms with E-state index in [0.29, 0.717) is 29.2 Å². The predicted octanol–water partition coefficient (Wildman–Crippen LogP) is 4.69. The monoisotopic (exact) mass is 462 g/mol. The van der Waals surface area contributed by atoms with Gasteiger partial charge in [0.25, 0.3) is 0 Å². The summed E-state index contributed by atoms with van der Waals surface area (Å²) < 4.78 is 5.67. The lowest BCUT2D eigenvalue weighted by molar-refractivity contribution is 0.0329. The fourth-order valence-corrected chi connectivity index (χ4v) is 4.22. The molecular formula is C26H34N6O2. The van der Waals surface area contributed by atoms with Crippen molar-refractivity contribution >= 4 is 28.6 Å². The minimum atomic E-state index is -0.516. The predicted molar refractivity (Wildman–Crippen MR) is 135 cm³/mol. The number of pyridine rings is 1. The van der Waals surface area contributed by atoms with Gasteiger partial charge < -0.3 is 21.1 Å². The van der Waals surface area contributed by atoms with Crippen LogP contribution in [0.2, 0.25) is 0 Å². The van der Waals surface area contributed by atoms with Gasteiger partial charge in [-0.05, 0) is 70.6 Å². The van der Waals surface area contributed by atoms with Crippen LogP contribution in [0.4, 0.5) is 11.8 Å². The van der Waals surface area contributed by atoms with Gasteiger partial charge in [-0.3, -0.25) is 4.98 Å². The SMILES string of the molecule is CC(C)Nc1nc(NCC2CCC(N)CC2)c2cc([C@@H](C)OC(=O)c3ccccc3)ncc2n1. The number of hydrogen-bond donors (Lipinski definition) is 3. The zero-order chi connectivity index (χ0) is 24.1. The Morgan fingerprint density at radius 3 is 2.56 bits per heavy atom.